The van der Waals surface area contributed by atoms with Gasteiger partial charge in [-0.1, -0.05) is 218 Å². The van der Waals surface area contributed by atoms with E-state index in [0.717, 1.165) is 0 Å². The highest BCUT2D eigenvalue weighted by atomic mass is 32.1. The second-order valence-electron chi connectivity index (χ2n) is 16.6. The van der Waals surface area contributed by atoms with Crippen LogP contribution in [0, 0.1) is 0 Å². The lowest BCUT2D eigenvalue weighted by Crippen LogP contribution is -1.93. The molecule has 0 aliphatic carbocycles. The first-order chi connectivity index (χ1) is 31.3. The van der Waals surface area contributed by atoms with Crippen LogP contribution in [0.2, 0.25) is 0 Å². The Kier molecular flexibility index (Phi) is 8.19. The maximum atomic E-state index is 2.37. The van der Waals surface area contributed by atoms with Crippen molar-refractivity contribution >= 4 is 85.4 Å². The van der Waals surface area contributed by atoms with Gasteiger partial charge in [0, 0.05) is 20.2 Å². The summed E-state index contributed by atoms with van der Waals surface area (Å²) in [6.07, 6.45) is 0. The Hall–Kier alpha value is -7.84. The van der Waals surface area contributed by atoms with E-state index in [4.69, 9.17) is 0 Å². The third-order valence-electron chi connectivity index (χ3n) is 13.3. The highest BCUT2D eigenvalue weighted by Crippen LogP contribution is 2.52. The Morgan fingerprint density at radius 2 is 0.508 bits per heavy atom. The molecule has 0 N–H and O–H groups in total. The van der Waals surface area contributed by atoms with E-state index in [2.05, 4.69) is 231 Å². The van der Waals surface area contributed by atoms with Gasteiger partial charge in [-0.2, -0.15) is 0 Å². The van der Waals surface area contributed by atoms with Crippen molar-refractivity contribution in [3.05, 3.63) is 231 Å². The molecule has 0 spiro atoms. The molecule has 0 nitrogen and oxygen atoms in total. The average Bonchev–Trinajstić information content (AvgIpc) is 3.75. The van der Waals surface area contributed by atoms with Gasteiger partial charge in [0.2, 0.25) is 0 Å². The molecule has 63 heavy (non-hydrogen) atoms. The maximum absolute atomic E-state index is 2.37. The van der Waals surface area contributed by atoms with E-state index in [0.29, 0.717) is 0 Å². The molecule has 13 rings (SSSR count). The van der Waals surface area contributed by atoms with Crippen molar-refractivity contribution in [2.24, 2.45) is 0 Å². The lowest BCUT2D eigenvalue weighted by atomic mass is 9.82. The fourth-order valence-electron chi connectivity index (χ4n) is 10.7. The summed E-state index contributed by atoms with van der Waals surface area (Å²) in [6, 6.07) is 85.4. The molecule has 0 amide bonds. The van der Waals surface area contributed by atoms with Crippen molar-refractivity contribution in [2.45, 2.75) is 0 Å². The number of rotatable bonds is 5. The normalized spacial score (nSPS) is 11.8. The van der Waals surface area contributed by atoms with Crippen LogP contribution in [0.5, 0.6) is 0 Å². The molecule has 12 aromatic carbocycles. The summed E-state index contributed by atoms with van der Waals surface area (Å²) >= 11 is 1.90. The van der Waals surface area contributed by atoms with E-state index < -0.39 is 0 Å². The van der Waals surface area contributed by atoms with Crippen molar-refractivity contribution < 1.29 is 0 Å². The number of thiophene rings is 1. The monoisotopic (exact) mass is 814 g/mol. The van der Waals surface area contributed by atoms with E-state index in [1.165, 1.54) is 130 Å². The molecular weight excluding hydrogens is 777 g/mol. The van der Waals surface area contributed by atoms with Crippen molar-refractivity contribution in [1.29, 1.82) is 0 Å². The summed E-state index contributed by atoms with van der Waals surface area (Å²) < 4.78 is 2.59. The van der Waals surface area contributed by atoms with Gasteiger partial charge < -0.3 is 0 Å². The molecule has 1 aromatic heterocycles. The number of benzene rings is 12. The van der Waals surface area contributed by atoms with Crippen molar-refractivity contribution in [1.82, 2.24) is 0 Å². The van der Waals surface area contributed by atoms with Crippen LogP contribution in [0.15, 0.2) is 231 Å². The van der Waals surface area contributed by atoms with Crippen LogP contribution in [-0.4, -0.2) is 0 Å². The van der Waals surface area contributed by atoms with E-state index in [1.54, 1.807) is 0 Å². The summed E-state index contributed by atoms with van der Waals surface area (Å²) in [5, 5.41) is 15.3. The smallest absolute Gasteiger partial charge is 0.0361 e. The Morgan fingerprint density at radius 3 is 0.937 bits per heavy atom. The maximum Gasteiger partial charge on any atom is 0.0361 e. The van der Waals surface area contributed by atoms with Crippen LogP contribution in [-0.2, 0) is 0 Å². The largest absolute Gasteiger partial charge is 0.135 e. The average molecular weight is 815 g/mol. The second-order valence-corrected chi connectivity index (χ2v) is 17.7. The first kappa shape index (κ1) is 35.9. The molecule has 1 heterocycles. The van der Waals surface area contributed by atoms with Gasteiger partial charge >= 0.3 is 0 Å². The molecule has 0 unspecified atom stereocenters. The molecule has 0 bridgehead atoms. The molecule has 0 atom stereocenters. The van der Waals surface area contributed by atoms with Gasteiger partial charge in [0.1, 0.15) is 0 Å². The minimum atomic E-state index is 1.23. The van der Waals surface area contributed by atoms with Gasteiger partial charge in [-0.05, 0) is 122 Å². The lowest BCUT2D eigenvalue weighted by molar-refractivity contribution is 1.64. The third-order valence-corrected chi connectivity index (χ3v) is 14.4. The third kappa shape index (κ3) is 5.47. The fraction of sp³-hybridized carbons (Fsp3) is 0. The second kappa shape index (κ2) is 14.4. The molecule has 0 saturated carbocycles. The molecule has 1 heteroatoms. The van der Waals surface area contributed by atoms with Crippen LogP contribution < -0.4 is 0 Å². The first-order valence-corrected chi connectivity index (χ1v) is 22.6. The predicted molar refractivity (Wildman–Crippen MR) is 274 cm³/mol. The molecule has 0 fully saturated rings. The summed E-state index contributed by atoms with van der Waals surface area (Å²) in [4.78, 5) is 0. The van der Waals surface area contributed by atoms with Crippen LogP contribution in [0.3, 0.4) is 0 Å². The number of hydrogen-bond donors (Lipinski definition) is 0. The van der Waals surface area contributed by atoms with E-state index in [9.17, 15) is 0 Å². The summed E-state index contributed by atoms with van der Waals surface area (Å²) in [5.41, 5.74) is 12.6. The van der Waals surface area contributed by atoms with Gasteiger partial charge in [-0.3, -0.25) is 0 Å². The van der Waals surface area contributed by atoms with Gasteiger partial charge in [-0.15, -0.1) is 11.3 Å². The van der Waals surface area contributed by atoms with E-state index in [1.807, 2.05) is 11.3 Å². The molecule has 0 aliphatic heterocycles. The Bertz CT molecular complexity index is 3840. The van der Waals surface area contributed by atoms with Gasteiger partial charge in [0.25, 0.3) is 0 Å². The zero-order valence-corrected chi connectivity index (χ0v) is 35.2. The van der Waals surface area contributed by atoms with Gasteiger partial charge in [0.15, 0.2) is 0 Å². The Balaban J connectivity index is 1.13. The number of hydrogen-bond acceptors (Lipinski definition) is 1. The summed E-state index contributed by atoms with van der Waals surface area (Å²) in [7, 11) is 0. The summed E-state index contributed by atoms with van der Waals surface area (Å²) in [5.74, 6) is 0. The van der Waals surface area contributed by atoms with Crippen molar-refractivity contribution in [3.8, 4) is 55.6 Å². The van der Waals surface area contributed by atoms with Crippen LogP contribution in [0.4, 0.5) is 0 Å². The zero-order valence-electron chi connectivity index (χ0n) is 34.3. The molecule has 0 radical (unpaired) electrons. The molecule has 0 saturated heterocycles. The predicted octanol–water partition coefficient (Wildman–Crippen LogP) is 18.2. The highest BCUT2D eigenvalue weighted by molar-refractivity contribution is 7.26. The van der Waals surface area contributed by atoms with Gasteiger partial charge in [0.05, 0.1) is 0 Å². The standard InChI is InChI=1S/C62H38S/c1-3-19-39(20-4-1)41-37-38-52(43-24-8-7-23-42(41)43)58-48-29-13-15-31-50(48)60(51-32-16-14-30-49(51)58)54-34-18-36-56-62(54)61-53(33-17-35-55(61)63-56)59-46-27-11-9-25-44(46)57(40-21-5-2-6-22-40)45-26-10-12-28-47(45)59/h1-38H. The topological polar surface area (TPSA) is 0 Å². The van der Waals surface area contributed by atoms with Crippen molar-refractivity contribution in [2.75, 3.05) is 0 Å². The minimum absolute atomic E-state index is 1.23. The van der Waals surface area contributed by atoms with Crippen LogP contribution in [0.1, 0.15) is 0 Å². The zero-order chi connectivity index (χ0) is 41.4. The van der Waals surface area contributed by atoms with Crippen molar-refractivity contribution in [3.63, 3.8) is 0 Å². The Morgan fingerprint density at radius 1 is 0.190 bits per heavy atom. The number of fused-ring (bicyclic) bond motifs is 8. The summed E-state index contributed by atoms with van der Waals surface area (Å²) in [6.45, 7) is 0. The molecular formula is C62H38S. The fourth-order valence-corrected chi connectivity index (χ4v) is 11.9. The minimum Gasteiger partial charge on any atom is -0.135 e. The lowest BCUT2D eigenvalue weighted by Gasteiger charge is -2.21. The highest BCUT2D eigenvalue weighted by Gasteiger charge is 2.24. The van der Waals surface area contributed by atoms with Gasteiger partial charge in [-0.25, -0.2) is 0 Å². The van der Waals surface area contributed by atoms with E-state index in [-0.39, 0.29) is 0 Å². The SMILES string of the molecule is c1ccc(-c2ccc(-c3c4ccccc4c(-c4cccc5sc6cccc(-c7c8ccccc8c(-c8ccccc8)c8ccccc78)c6c45)c4ccccc34)c3ccccc23)cc1. The van der Waals surface area contributed by atoms with Crippen LogP contribution in [0.25, 0.3) is 130 Å². The first-order valence-electron chi connectivity index (χ1n) is 21.8. The molecule has 13 aromatic rings. The molecule has 0 aliphatic rings. The molecule has 292 valence electrons. The Labute approximate surface area is 369 Å². The quantitative estimate of drug-likeness (QED) is 0.152. The van der Waals surface area contributed by atoms with Crippen LogP contribution >= 0.6 is 11.3 Å². The van der Waals surface area contributed by atoms with E-state index >= 15 is 0 Å².